The number of hydrogen-bond acceptors (Lipinski definition) is 4. The summed E-state index contributed by atoms with van der Waals surface area (Å²) in [6.45, 7) is 14.8. The number of rotatable bonds is 8. The highest BCUT2D eigenvalue weighted by molar-refractivity contribution is 5.79. The molecule has 0 aromatic heterocycles. The molecule has 2 aliphatic heterocycles. The van der Waals surface area contributed by atoms with Gasteiger partial charge in [0.05, 0.1) is 12.2 Å². The van der Waals surface area contributed by atoms with Crippen molar-refractivity contribution in [3.05, 3.63) is 0 Å². The van der Waals surface area contributed by atoms with Crippen LogP contribution in [-0.2, 0) is 14.2 Å². The van der Waals surface area contributed by atoms with Crippen molar-refractivity contribution in [2.24, 2.45) is 16.3 Å². The van der Waals surface area contributed by atoms with Crippen LogP contribution < -0.4 is 10.6 Å². The first-order chi connectivity index (χ1) is 13.0. The normalized spacial score (nSPS) is 25.4. The molecule has 0 bridgehead atoms. The van der Waals surface area contributed by atoms with Crippen LogP contribution in [0, 0.1) is 11.3 Å². The second kappa shape index (κ2) is 11.9. The van der Waals surface area contributed by atoms with Crippen LogP contribution in [0.2, 0.25) is 0 Å². The Morgan fingerprint density at radius 3 is 2.59 bits per heavy atom. The Bertz CT molecular complexity index is 431. The average Bonchev–Trinajstić information content (AvgIpc) is 2.66. The Morgan fingerprint density at radius 2 is 1.89 bits per heavy atom. The van der Waals surface area contributed by atoms with Crippen LogP contribution >= 0.6 is 0 Å². The third-order valence-electron chi connectivity index (χ3n) is 5.26. The van der Waals surface area contributed by atoms with Gasteiger partial charge in [-0.25, -0.2) is 0 Å². The van der Waals surface area contributed by atoms with E-state index >= 15 is 0 Å². The number of guanidine groups is 1. The highest BCUT2D eigenvalue weighted by atomic mass is 16.5. The topological polar surface area (TPSA) is 64.1 Å². The maximum absolute atomic E-state index is 6.08. The molecule has 158 valence electrons. The summed E-state index contributed by atoms with van der Waals surface area (Å²) in [7, 11) is 0. The smallest absolute Gasteiger partial charge is 0.191 e. The summed E-state index contributed by atoms with van der Waals surface area (Å²) in [5, 5.41) is 6.80. The lowest BCUT2D eigenvalue weighted by Gasteiger charge is -2.39. The van der Waals surface area contributed by atoms with Gasteiger partial charge in [-0.3, -0.25) is 4.99 Å². The maximum atomic E-state index is 6.08. The van der Waals surface area contributed by atoms with E-state index in [9.17, 15) is 0 Å². The second-order valence-electron chi connectivity index (χ2n) is 8.74. The lowest BCUT2D eigenvalue weighted by Crippen LogP contribution is -2.43. The molecule has 0 aliphatic carbocycles. The molecule has 2 fully saturated rings. The Kier molecular flexibility index (Phi) is 9.87. The minimum Gasteiger partial charge on any atom is -0.381 e. The van der Waals surface area contributed by atoms with Crippen LogP contribution in [0.5, 0.6) is 0 Å². The minimum atomic E-state index is 0.161. The zero-order chi connectivity index (χ0) is 19.5. The largest absolute Gasteiger partial charge is 0.381 e. The highest BCUT2D eigenvalue weighted by Gasteiger charge is 2.35. The lowest BCUT2D eigenvalue weighted by atomic mass is 9.78. The molecule has 2 N–H and O–H groups in total. The molecular weight excluding hydrogens is 342 g/mol. The predicted molar refractivity (Wildman–Crippen MR) is 110 cm³/mol. The molecule has 2 unspecified atom stereocenters. The lowest BCUT2D eigenvalue weighted by molar-refractivity contribution is -0.0823. The van der Waals surface area contributed by atoms with Gasteiger partial charge in [-0.05, 0) is 44.4 Å². The Balaban J connectivity index is 1.72. The fourth-order valence-electron chi connectivity index (χ4n) is 3.91. The first kappa shape index (κ1) is 22.4. The molecule has 6 heteroatoms. The zero-order valence-corrected chi connectivity index (χ0v) is 17.9. The molecule has 2 atom stereocenters. The van der Waals surface area contributed by atoms with Gasteiger partial charge >= 0.3 is 0 Å². The van der Waals surface area contributed by atoms with E-state index in [1.165, 1.54) is 6.42 Å². The molecular formula is C21H41N3O3. The summed E-state index contributed by atoms with van der Waals surface area (Å²) in [6, 6.07) is 0. The molecule has 2 heterocycles. The fraction of sp³-hybridized carbons (Fsp3) is 0.952. The van der Waals surface area contributed by atoms with E-state index in [2.05, 4.69) is 38.3 Å². The van der Waals surface area contributed by atoms with Gasteiger partial charge in [0, 0.05) is 52.0 Å². The van der Waals surface area contributed by atoms with E-state index in [1.54, 1.807) is 0 Å². The van der Waals surface area contributed by atoms with Gasteiger partial charge in [0.1, 0.15) is 0 Å². The number of hydrogen-bond donors (Lipinski definition) is 2. The van der Waals surface area contributed by atoms with Gasteiger partial charge in [-0.2, -0.15) is 0 Å². The standard InChI is InChI=1S/C21H41N3O3/c1-5-22-20(23-11-7-13-26-18-9-14-25-15-10-18)24-16-17-8-6-12-27-19(17)21(2,3)4/h17-19H,5-16H2,1-4H3,(H2,22,23,24). The number of ether oxygens (including phenoxy) is 3. The SMILES string of the molecule is CCNC(=NCC1CCCOC1C(C)(C)C)NCCCOC1CCOCC1. The average molecular weight is 384 g/mol. The van der Waals surface area contributed by atoms with E-state index in [0.717, 1.165) is 77.7 Å². The van der Waals surface area contributed by atoms with Crippen molar-refractivity contribution >= 4 is 5.96 Å². The molecule has 0 spiro atoms. The van der Waals surface area contributed by atoms with E-state index in [-0.39, 0.29) is 11.5 Å². The summed E-state index contributed by atoms with van der Waals surface area (Å²) in [5.74, 6) is 1.40. The van der Waals surface area contributed by atoms with Crippen LogP contribution in [0.4, 0.5) is 0 Å². The molecule has 2 rings (SSSR count). The second-order valence-corrected chi connectivity index (χ2v) is 8.74. The van der Waals surface area contributed by atoms with Crippen LogP contribution in [0.3, 0.4) is 0 Å². The van der Waals surface area contributed by atoms with E-state index in [1.807, 2.05) is 0 Å². The van der Waals surface area contributed by atoms with Gasteiger partial charge in [0.15, 0.2) is 5.96 Å². The fourth-order valence-corrected chi connectivity index (χ4v) is 3.91. The van der Waals surface area contributed by atoms with Crippen LogP contribution in [-0.4, -0.2) is 64.2 Å². The van der Waals surface area contributed by atoms with E-state index in [0.29, 0.717) is 12.0 Å². The Labute approximate surface area is 165 Å². The number of nitrogens with one attached hydrogen (secondary N) is 2. The Hall–Kier alpha value is -0.850. The number of aliphatic imine (C=N–C) groups is 1. The number of nitrogens with zero attached hydrogens (tertiary/aromatic N) is 1. The van der Waals surface area contributed by atoms with Crippen LogP contribution in [0.15, 0.2) is 4.99 Å². The molecule has 2 aliphatic rings. The first-order valence-corrected chi connectivity index (χ1v) is 10.8. The third kappa shape index (κ3) is 8.36. The van der Waals surface area contributed by atoms with Crippen molar-refractivity contribution in [3.63, 3.8) is 0 Å². The summed E-state index contributed by atoms with van der Waals surface area (Å²) in [4.78, 5) is 4.85. The van der Waals surface area contributed by atoms with Gasteiger partial charge in [-0.15, -0.1) is 0 Å². The molecule has 0 aromatic rings. The summed E-state index contributed by atoms with van der Waals surface area (Å²) in [6.07, 6.45) is 6.03. The van der Waals surface area contributed by atoms with Crippen molar-refractivity contribution in [1.82, 2.24) is 10.6 Å². The molecule has 0 amide bonds. The van der Waals surface area contributed by atoms with Gasteiger partial charge in [0.25, 0.3) is 0 Å². The maximum Gasteiger partial charge on any atom is 0.191 e. The zero-order valence-electron chi connectivity index (χ0n) is 17.9. The molecule has 6 nitrogen and oxygen atoms in total. The highest BCUT2D eigenvalue weighted by Crippen LogP contribution is 2.34. The van der Waals surface area contributed by atoms with Crippen LogP contribution in [0.1, 0.15) is 59.8 Å². The first-order valence-electron chi connectivity index (χ1n) is 10.8. The van der Waals surface area contributed by atoms with Gasteiger partial charge < -0.3 is 24.8 Å². The molecule has 2 saturated heterocycles. The Morgan fingerprint density at radius 1 is 1.11 bits per heavy atom. The van der Waals surface area contributed by atoms with E-state index in [4.69, 9.17) is 19.2 Å². The summed E-state index contributed by atoms with van der Waals surface area (Å²) in [5.41, 5.74) is 0.161. The summed E-state index contributed by atoms with van der Waals surface area (Å²) < 4.78 is 17.4. The predicted octanol–water partition coefficient (Wildman–Crippen LogP) is 2.97. The molecule has 0 saturated carbocycles. The van der Waals surface area contributed by atoms with Crippen molar-refractivity contribution in [3.8, 4) is 0 Å². The van der Waals surface area contributed by atoms with Crippen molar-refractivity contribution in [2.45, 2.75) is 72.0 Å². The van der Waals surface area contributed by atoms with Crippen molar-refractivity contribution < 1.29 is 14.2 Å². The van der Waals surface area contributed by atoms with Crippen LogP contribution in [0.25, 0.3) is 0 Å². The molecule has 0 aromatic carbocycles. The summed E-state index contributed by atoms with van der Waals surface area (Å²) >= 11 is 0. The van der Waals surface area contributed by atoms with Gasteiger partial charge in [-0.1, -0.05) is 20.8 Å². The van der Waals surface area contributed by atoms with E-state index < -0.39 is 0 Å². The molecule has 27 heavy (non-hydrogen) atoms. The quantitative estimate of drug-likeness (QED) is 0.383. The van der Waals surface area contributed by atoms with Crippen molar-refractivity contribution in [1.29, 1.82) is 0 Å². The molecule has 0 radical (unpaired) electrons. The van der Waals surface area contributed by atoms with Crippen molar-refractivity contribution in [2.75, 3.05) is 46.1 Å². The third-order valence-corrected chi connectivity index (χ3v) is 5.26. The monoisotopic (exact) mass is 383 g/mol. The van der Waals surface area contributed by atoms with Gasteiger partial charge in [0.2, 0.25) is 0 Å². The minimum absolute atomic E-state index is 0.161.